The minimum absolute atomic E-state index is 0.132. The first-order chi connectivity index (χ1) is 10.0. The molecule has 0 radical (unpaired) electrons. The van der Waals surface area contributed by atoms with Crippen molar-refractivity contribution in [3.63, 3.8) is 0 Å². The third kappa shape index (κ3) is 3.00. The number of allylic oxidation sites excluding steroid dienone is 2. The number of piperazine rings is 1. The van der Waals surface area contributed by atoms with Crippen molar-refractivity contribution in [2.24, 2.45) is 16.8 Å². The van der Waals surface area contributed by atoms with Crippen molar-refractivity contribution in [3.05, 3.63) is 35.3 Å². The Morgan fingerprint density at radius 2 is 2.24 bits per heavy atom. The lowest BCUT2D eigenvalue weighted by atomic mass is 10.0. The molecule has 0 aromatic heterocycles. The third-order valence-corrected chi connectivity index (χ3v) is 4.48. The maximum absolute atomic E-state index is 6.10. The Balaban J connectivity index is 1.76. The molecule has 2 heterocycles. The Labute approximate surface area is 130 Å². The van der Waals surface area contributed by atoms with Crippen LogP contribution in [-0.4, -0.2) is 47.3 Å². The van der Waals surface area contributed by atoms with Gasteiger partial charge in [0.05, 0.1) is 11.8 Å². The van der Waals surface area contributed by atoms with Gasteiger partial charge in [-0.3, -0.25) is 5.84 Å². The van der Waals surface area contributed by atoms with Crippen molar-refractivity contribution < 1.29 is 0 Å². The fourth-order valence-corrected chi connectivity index (χ4v) is 3.11. The van der Waals surface area contributed by atoms with Crippen molar-refractivity contribution in [2.75, 3.05) is 19.6 Å². The molecule has 3 N–H and O–H groups in total. The summed E-state index contributed by atoms with van der Waals surface area (Å²) in [4.78, 5) is 7.06. The highest BCUT2D eigenvalue weighted by atomic mass is 35.5. The molecule has 2 unspecified atom stereocenters. The molecule has 3 aliphatic rings. The largest absolute Gasteiger partial charge is 0.376 e. The number of nitrogens with two attached hydrogens (primary N) is 1. The normalized spacial score (nSPS) is 29.6. The van der Waals surface area contributed by atoms with Crippen molar-refractivity contribution >= 4 is 17.3 Å². The minimum atomic E-state index is 0.132. The van der Waals surface area contributed by atoms with Crippen LogP contribution in [0.4, 0.5) is 0 Å². The van der Waals surface area contributed by atoms with Gasteiger partial charge >= 0.3 is 0 Å². The molecule has 1 fully saturated rings. The van der Waals surface area contributed by atoms with Crippen LogP contribution >= 0.6 is 11.6 Å². The van der Waals surface area contributed by atoms with Crippen molar-refractivity contribution in [3.8, 4) is 0 Å². The quantitative estimate of drug-likeness (QED) is 0.757. The van der Waals surface area contributed by atoms with Crippen LogP contribution in [0.3, 0.4) is 0 Å². The number of fused-ring (bicyclic) bond motifs is 1. The maximum Gasteiger partial charge on any atom is 0.144 e. The van der Waals surface area contributed by atoms with Crippen molar-refractivity contribution in [2.45, 2.75) is 25.9 Å². The molecular weight excluding hydrogens is 286 g/mol. The molecule has 2 aliphatic heterocycles. The van der Waals surface area contributed by atoms with E-state index in [1.54, 1.807) is 0 Å². The molecule has 0 spiro atoms. The average molecular weight is 308 g/mol. The highest BCUT2D eigenvalue weighted by Gasteiger charge is 2.30. The summed E-state index contributed by atoms with van der Waals surface area (Å²) in [5, 5.41) is 6.05. The van der Waals surface area contributed by atoms with Crippen LogP contribution in [-0.2, 0) is 0 Å². The first-order valence-electron chi connectivity index (χ1n) is 7.41. The number of hydrogen-bond acceptors (Lipinski definition) is 5. The van der Waals surface area contributed by atoms with Crippen LogP contribution in [0.1, 0.15) is 13.8 Å². The molecule has 1 aliphatic carbocycles. The van der Waals surface area contributed by atoms with E-state index in [9.17, 15) is 0 Å². The van der Waals surface area contributed by atoms with Crippen molar-refractivity contribution in [1.29, 1.82) is 0 Å². The van der Waals surface area contributed by atoms with E-state index in [2.05, 4.69) is 24.1 Å². The van der Waals surface area contributed by atoms with Crippen LogP contribution in [0.15, 0.2) is 40.3 Å². The molecule has 0 amide bonds. The zero-order valence-electron chi connectivity index (χ0n) is 12.5. The van der Waals surface area contributed by atoms with Crippen LogP contribution in [0.25, 0.3) is 0 Å². The number of hydrogen-bond donors (Lipinski definition) is 2. The summed E-state index contributed by atoms with van der Waals surface area (Å²) in [6, 6.07) is 0.482. The summed E-state index contributed by atoms with van der Waals surface area (Å²) in [5.41, 5.74) is 0.969. The smallest absolute Gasteiger partial charge is 0.144 e. The van der Waals surface area contributed by atoms with E-state index >= 15 is 0 Å². The monoisotopic (exact) mass is 307 g/mol. The topological polar surface area (TPSA) is 56.9 Å². The van der Waals surface area contributed by atoms with E-state index in [0.29, 0.717) is 12.0 Å². The van der Waals surface area contributed by atoms with Gasteiger partial charge in [0.15, 0.2) is 0 Å². The molecular formula is C15H22ClN5. The third-order valence-electron chi connectivity index (χ3n) is 4.24. The lowest BCUT2D eigenvalue weighted by Crippen LogP contribution is -2.57. The first kappa shape index (κ1) is 14.6. The maximum atomic E-state index is 6.10. The molecule has 0 saturated carbocycles. The lowest BCUT2D eigenvalue weighted by Gasteiger charge is -2.42. The van der Waals surface area contributed by atoms with Gasteiger partial charge in [-0.05, 0) is 18.1 Å². The number of nitrogens with one attached hydrogen (secondary N) is 1. The number of hydrazine groups is 1. The Morgan fingerprint density at radius 1 is 1.43 bits per heavy atom. The van der Waals surface area contributed by atoms with Gasteiger partial charge in [-0.2, -0.15) is 0 Å². The van der Waals surface area contributed by atoms with Crippen LogP contribution in [0.5, 0.6) is 0 Å². The molecule has 5 nitrogen and oxygen atoms in total. The van der Waals surface area contributed by atoms with E-state index < -0.39 is 0 Å². The Bertz CT molecular complexity index is 534. The number of aliphatic imine (C=N–C) groups is 1. The number of rotatable bonds is 2. The molecule has 114 valence electrons. The molecule has 0 aromatic carbocycles. The summed E-state index contributed by atoms with van der Waals surface area (Å²) < 4.78 is 0. The van der Waals surface area contributed by atoms with Gasteiger partial charge in [0, 0.05) is 36.9 Å². The molecule has 1 saturated heterocycles. The molecule has 0 bridgehead atoms. The Kier molecular flexibility index (Phi) is 4.06. The molecule has 21 heavy (non-hydrogen) atoms. The average Bonchev–Trinajstić information content (AvgIpc) is 2.46. The van der Waals surface area contributed by atoms with Crippen LogP contribution in [0.2, 0.25) is 0 Å². The van der Waals surface area contributed by atoms with E-state index in [1.807, 2.05) is 29.4 Å². The van der Waals surface area contributed by atoms with E-state index in [1.165, 1.54) is 0 Å². The fraction of sp³-hybridized carbons (Fsp3) is 0.533. The summed E-state index contributed by atoms with van der Waals surface area (Å²) in [7, 11) is 0. The summed E-state index contributed by atoms with van der Waals surface area (Å²) >= 11 is 6.06. The van der Waals surface area contributed by atoms with E-state index in [4.69, 9.17) is 22.4 Å². The summed E-state index contributed by atoms with van der Waals surface area (Å²) in [6.07, 6.45) is 7.85. The van der Waals surface area contributed by atoms with Gasteiger partial charge in [0.25, 0.3) is 0 Å². The van der Waals surface area contributed by atoms with Gasteiger partial charge in [0.1, 0.15) is 5.82 Å². The Morgan fingerprint density at radius 3 is 3.00 bits per heavy atom. The van der Waals surface area contributed by atoms with Gasteiger partial charge in [-0.1, -0.05) is 31.5 Å². The predicted octanol–water partition coefficient (Wildman–Crippen LogP) is 1.41. The van der Waals surface area contributed by atoms with Crippen LogP contribution < -0.4 is 11.2 Å². The first-order valence-corrected chi connectivity index (χ1v) is 7.79. The molecule has 3 rings (SSSR count). The number of halogens is 1. The molecule has 0 aromatic rings. The SMILES string of the molecule is CC(C)C1CN(C2=CNC3C=CC(Cl)=CC3=N2)CCN1N. The highest BCUT2D eigenvalue weighted by molar-refractivity contribution is 6.33. The molecule has 2 atom stereocenters. The predicted molar refractivity (Wildman–Crippen MR) is 86.6 cm³/mol. The second-order valence-electron chi connectivity index (χ2n) is 6.07. The van der Waals surface area contributed by atoms with Crippen LogP contribution in [0, 0.1) is 5.92 Å². The zero-order valence-corrected chi connectivity index (χ0v) is 13.2. The second kappa shape index (κ2) is 5.83. The summed E-state index contributed by atoms with van der Waals surface area (Å²) in [5.74, 6) is 7.58. The molecule has 6 heteroatoms. The van der Waals surface area contributed by atoms with Crippen molar-refractivity contribution in [1.82, 2.24) is 15.2 Å². The second-order valence-corrected chi connectivity index (χ2v) is 6.50. The number of nitrogens with zero attached hydrogens (tertiary/aromatic N) is 3. The van der Waals surface area contributed by atoms with E-state index in [-0.39, 0.29) is 6.04 Å². The van der Waals surface area contributed by atoms with Gasteiger partial charge in [-0.15, -0.1) is 0 Å². The van der Waals surface area contributed by atoms with E-state index in [0.717, 1.165) is 36.2 Å². The Hall–Kier alpha value is -1.30. The zero-order chi connectivity index (χ0) is 15.0. The lowest BCUT2D eigenvalue weighted by molar-refractivity contribution is 0.0660. The fourth-order valence-electron chi connectivity index (χ4n) is 2.93. The summed E-state index contributed by atoms with van der Waals surface area (Å²) in [6.45, 7) is 7.05. The van der Waals surface area contributed by atoms with Gasteiger partial charge in [0.2, 0.25) is 0 Å². The van der Waals surface area contributed by atoms with Gasteiger partial charge in [-0.25, -0.2) is 10.0 Å². The van der Waals surface area contributed by atoms with Gasteiger partial charge < -0.3 is 10.2 Å². The highest BCUT2D eigenvalue weighted by Crippen LogP contribution is 2.22. The standard InChI is InChI=1S/C15H22ClN5/c1-10(2)14-9-20(5-6-21(14)17)15-8-18-12-4-3-11(16)7-13(12)19-15/h3-4,7-8,10,12,14,18H,5-6,9,17H2,1-2H3. The minimum Gasteiger partial charge on any atom is -0.376 e.